The zero-order valence-electron chi connectivity index (χ0n) is 13.5. The third-order valence-electron chi connectivity index (χ3n) is 5.65. The molecule has 2 bridgehead atoms. The molecule has 3 nitrogen and oxygen atoms in total. The minimum Gasteiger partial charge on any atom is -0.353 e. The van der Waals surface area contributed by atoms with E-state index in [2.05, 4.69) is 24.5 Å². The molecule has 3 rings (SSSR count). The fourth-order valence-corrected chi connectivity index (χ4v) is 4.87. The van der Waals surface area contributed by atoms with Gasteiger partial charge in [-0.25, -0.2) is 0 Å². The Morgan fingerprint density at radius 1 is 1.19 bits per heavy atom. The lowest BCUT2D eigenvalue weighted by molar-refractivity contribution is -0.132. The number of piperidine rings is 1. The lowest BCUT2D eigenvalue weighted by Crippen LogP contribution is -2.51. The SMILES string of the molecule is CC(C)CC1(C(=O)NC2CC3CCC(C2)N3)CCCC1.Cl. The minimum absolute atomic E-state index is 0. The fraction of sp³-hybridized carbons (Fsp3) is 0.941. The molecule has 0 aromatic heterocycles. The molecule has 0 aromatic carbocycles. The molecule has 3 aliphatic rings. The number of carbonyl (C=O) groups is 1. The van der Waals surface area contributed by atoms with Gasteiger partial charge in [0.1, 0.15) is 0 Å². The molecule has 0 aromatic rings. The first kappa shape index (κ1) is 17.1. The Balaban J connectivity index is 0.00000161. The van der Waals surface area contributed by atoms with Gasteiger partial charge >= 0.3 is 0 Å². The number of nitrogens with one attached hydrogen (secondary N) is 2. The molecule has 0 radical (unpaired) electrons. The maximum atomic E-state index is 12.9. The molecule has 2 unspecified atom stereocenters. The van der Waals surface area contributed by atoms with Crippen molar-refractivity contribution in [1.29, 1.82) is 0 Å². The Morgan fingerprint density at radius 2 is 1.76 bits per heavy atom. The van der Waals surface area contributed by atoms with Crippen LogP contribution in [0.1, 0.15) is 71.6 Å². The van der Waals surface area contributed by atoms with E-state index >= 15 is 0 Å². The van der Waals surface area contributed by atoms with Gasteiger partial charge in [-0.05, 0) is 50.9 Å². The molecule has 0 spiro atoms. The molecule has 21 heavy (non-hydrogen) atoms. The van der Waals surface area contributed by atoms with Crippen molar-refractivity contribution in [3.63, 3.8) is 0 Å². The first-order valence-electron chi connectivity index (χ1n) is 8.64. The van der Waals surface area contributed by atoms with Crippen LogP contribution in [-0.2, 0) is 4.79 Å². The number of amides is 1. The van der Waals surface area contributed by atoms with Crippen LogP contribution in [0.2, 0.25) is 0 Å². The number of halogens is 1. The summed E-state index contributed by atoms with van der Waals surface area (Å²) in [4.78, 5) is 12.9. The molecular weight excluding hydrogens is 284 g/mol. The Labute approximate surface area is 135 Å². The molecular formula is C17H31ClN2O. The van der Waals surface area contributed by atoms with Gasteiger partial charge in [-0.2, -0.15) is 0 Å². The number of hydrogen-bond acceptors (Lipinski definition) is 2. The monoisotopic (exact) mass is 314 g/mol. The van der Waals surface area contributed by atoms with Crippen molar-refractivity contribution in [3.8, 4) is 0 Å². The lowest BCUT2D eigenvalue weighted by Gasteiger charge is -2.35. The first-order valence-corrected chi connectivity index (χ1v) is 8.64. The molecule has 4 heteroatoms. The van der Waals surface area contributed by atoms with Crippen molar-refractivity contribution in [2.75, 3.05) is 0 Å². The zero-order chi connectivity index (χ0) is 14.2. The van der Waals surface area contributed by atoms with Gasteiger partial charge < -0.3 is 10.6 Å². The molecule has 122 valence electrons. The molecule has 2 aliphatic heterocycles. The predicted molar refractivity (Wildman–Crippen MR) is 88.7 cm³/mol. The molecule has 1 aliphatic carbocycles. The molecule has 2 saturated heterocycles. The van der Waals surface area contributed by atoms with E-state index in [9.17, 15) is 4.79 Å². The van der Waals surface area contributed by atoms with Crippen LogP contribution < -0.4 is 10.6 Å². The van der Waals surface area contributed by atoms with Crippen molar-refractivity contribution >= 4 is 18.3 Å². The summed E-state index contributed by atoms with van der Waals surface area (Å²) in [6, 6.07) is 1.73. The van der Waals surface area contributed by atoms with Gasteiger partial charge in [0.15, 0.2) is 0 Å². The standard InChI is InChI=1S/C17H30N2O.ClH/c1-12(2)11-17(7-3-4-8-17)16(20)19-15-9-13-5-6-14(10-15)18-13;/h12-15,18H,3-11H2,1-2H3,(H,19,20);1H. The number of fused-ring (bicyclic) bond motifs is 2. The van der Waals surface area contributed by atoms with Crippen molar-refractivity contribution in [3.05, 3.63) is 0 Å². The topological polar surface area (TPSA) is 41.1 Å². The highest BCUT2D eigenvalue weighted by Crippen LogP contribution is 2.43. The fourth-order valence-electron chi connectivity index (χ4n) is 4.87. The average molecular weight is 315 g/mol. The van der Waals surface area contributed by atoms with E-state index in [1.807, 2.05) is 0 Å². The lowest BCUT2D eigenvalue weighted by atomic mass is 9.77. The van der Waals surface area contributed by atoms with E-state index in [0.717, 1.165) is 32.1 Å². The van der Waals surface area contributed by atoms with E-state index in [4.69, 9.17) is 0 Å². The summed E-state index contributed by atoms with van der Waals surface area (Å²) < 4.78 is 0. The van der Waals surface area contributed by atoms with Crippen LogP contribution in [0.4, 0.5) is 0 Å². The predicted octanol–water partition coefficient (Wildman–Crippen LogP) is 3.41. The van der Waals surface area contributed by atoms with Gasteiger partial charge in [0.25, 0.3) is 0 Å². The Kier molecular flexibility index (Phi) is 5.59. The summed E-state index contributed by atoms with van der Waals surface area (Å²) in [5.74, 6) is 0.984. The van der Waals surface area contributed by atoms with Gasteiger partial charge in [0.05, 0.1) is 0 Å². The summed E-state index contributed by atoms with van der Waals surface area (Å²) in [5.41, 5.74) is -0.0436. The first-order chi connectivity index (χ1) is 9.57. The van der Waals surface area contributed by atoms with Crippen LogP contribution in [-0.4, -0.2) is 24.0 Å². The molecule has 1 amide bonds. The Morgan fingerprint density at radius 3 is 2.29 bits per heavy atom. The summed E-state index contributed by atoms with van der Waals surface area (Å²) in [6.45, 7) is 4.50. The highest BCUT2D eigenvalue weighted by molar-refractivity contribution is 5.85. The maximum absolute atomic E-state index is 12.9. The largest absolute Gasteiger partial charge is 0.353 e. The third kappa shape index (κ3) is 3.73. The van der Waals surface area contributed by atoms with E-state index in [0.29, 0.717) is 30.0 Å². The van der Waals surface area contributed by atoms with Crippen molar-refractivity contribution in [2.24, 2.45) is 11.3 Å². The van der Waals surface area contributed by atoms with Gasteiger partial charge in [0, 0.05) is 23.5 Å². The van der Waals surface area contributed by atoms with Gasteiger partial charge in [-0.1, -0.05) is 26.7 Å². The minimum atomic E-state index is -0.0436. The van der Waals surface area contributed by atoms with Gasteiger partial charge in [-0.15, -0.1) is 12.4 Å². The zero-order valence-corrected chi connectivity index (χ0v) is 14.3. The average Bonchev–Trinajstić information content (AvgIpc) is 2.97. The summed E-state index contributed by atoms with van der Waals surface area (Å²) in [6.07, 6.45) is 10.6. The maximum Gasteiger partial charge on any atom is 0.226 e. The number of carbonyl (C=O) groups excluding carboxylic acids is 1. The van der Waals surface area contributed by atoms with Crippen LogP contribution in [0.25, 0.3) is 0 Å². The van der Waals surface area contributed by atoms with Crippen molar-refractivity contribution < 1.29 is 4.79 Å². The third-order valence-corrected chi connectivity index (χ3v) is 5.65. The van der Waals surface area contributed by atoms with Crippen molar-refractivity contribution in [1.82, 2.24) is 10.6 Å². The molecule has 2 heterocycles. The van der Waals surface area contributed by atoms with Crippen LogP contribution in [0.5, 0.6) is 0 Å². The van der Waals surface area contributed by atoms with Crippen LogP contribution in [0, 0.1) is 11.3 Å². The highest BCUT2D eigenvalue weighted by atomic mass is 35.5. The smallest absolute Gasteiger partial charge is 0.226 e. The second kappa shape index (κ2) is 6.87. The molecule has 3 fully saturated rings. The normalized spacial score (nSPS) is 33.8. The Hall–Kier alpha value is -0.280. The second-order valence-corrected chi connectivity index (χ2v) is 7.87. The van der Waals surface area contributed by atoms with Gasteiger partial charge in [0.2, 0.25) is 5.91 Å². The van der Waals surface area contributed by atoms with E-state index in [-0.39, 0.29) is 17.8 Å². The van der Waals surface area contributed by atoms with E-state index < -0.39 is 0 Å². The summed E-state index contributed by atoms with van der Waals surface area (Å²) in [5, 5.41) is 7.08. The van der Waals surface area contributed by atoms with Crippen molar-refractivity contribution in [2.45, 2.75) is 89.8 Å². The number of hydrogen-bond donors (Lipinski definition) is 2. The molecule has 2 atom stereocenters. The van der Waals surface area contributed by atoms with Crippen LogP contribution in [0.15, 0.2) is 0 Å². The van der Waals surface area contributed by atoms with E-state index in [1.54, 1.807) is 0 Å². The summed E-state index contributed by atoms with van der Waals surface area (Å²) in [7, 11) is 0. The second-order valence-electron chi connectivity index (χ2n) is 7.87. The summed E-state index contributed by atoms with van der Waals surface area (Å²) >= 11 is 0. The van der Waals surface area contributed by atoms with Crippen LogP contribution >= 0.6 is 12.4 Å². The van der Waals surface area contributed by atoms with E-state index in [1.165, 1.54) is 25.7 Å². The highest BCUT2D eigenvalue weighted by Gasteiger charge is 2.43. The molecule has 1 saturated carbocycles. The Bertz CT molecular complexity index is 354. The molecule has 2 N–H and O–H groups in total. The van der Waals surface area contributed by atoms with Gasteiger partial charge in [-0.3, -0.25) is 4.79 Å². The van der Waals surface area contributed by atoms with Crippen LogP contribution in [0.3, 0.4) is 0 Å². The number of rotatable bonds is 4. The quantitative estimate of drug-likeness (QED) is 0.835.